The van der Waals surface area contributed by atoms with Gasteiger partial charge >= 0.3 is 5.97 Å². The molecule has 0 saturated heterocycles. The largest absolute Gasteiger partial charge is 0.480 e. The lowest BCUT2D eigenvalue weighted by Crippen LogP contribution is -2.29. The zero-order chi connectivity index (χ0) is 24.2. The third-order valence-electron chi connectivity index (χ3n) is 5.34. The van der Waals surface area contributed by atoms with E-state index in [2.05, 4.69) is 6.92 Å². The van der Waals surface area contributed by atoms with Crippen LogP contribution >= 0.6 is 0 Å². The third-order valence-corrected chi connectivity index (χ3v) is 6.29. The third kappa shape index (κ3) is 16.2. The van der Waals surface area contributed by atoms with Gasteiger partial charge in [-0.1, -0.05) is 89.3 Å². The van der Waals surface area contributed by atoms with Crippen LogP contribution in [0.3, 0.4) is 0 Å². The minimum Gasteiger partial charge on any atom is -0.480 e. The van der Waals surface area contributed by atoms with E-state index in [1.54, 1.807) is 12.1 Å². The first-order chi connectivity index (χ1) is 15.2. The van der Waals surface area contributed by atoms with Crippen LogP contribution in [0.15, 0.2) is 29.2 Å². The van der Waals surface area contributed by atoms with E-state index in [0.29, 0.717) is 19.4 Å². The molecule has 1 rings (SSSR count). The number of carboxylic acid groups (broad SMARTS) is 1. The fraction of sp³-hybridized carbons (Fsp3) is 0.708. The average Bonchev–Trinajstić information content (AvgIpc) is 2.75. The van der Waals surface area contributed by atoms with Crippen molar-refractivity contribution in [2.45, 2.75) is 108 Å². The number of hydrogen-bond acceptors (Lipinski definition) is 5. The van der Waals surface area contributed by atoms with Crippen molar-refractivity contribution in [3.05, 3.63) is 29.8 Å². The van der Waals surface area contributed by atoms with Crippen LogP contribution in [-0.4, -0.2) is 36.6 Å². The maximum Gasteiger partial charge on any atom is 0.320 e. The highest BCUT2D eigenvalue weighted by molar-refractivity contribution is 7.85. The van der Waals surface area contributed by atoms with E-state index in [4.69, 9.17) is 16.6 Å². The Bertz CT molecular complexity index is 710. The summed E-state index contributed by atoms with van der Waals surface area (Å²) in [5.41, 5.74) is 11.1. The van der Waals surface area contributed by atoms with Gasteiger partial charge in [-0.15, -0.1) is 0 Å². The van der Waals surface area contributed by atoms with Crippen molar-refractivity contribution < 1.29 is 22.9 Å². The second-order valence-electron chi connectivity index (χ2n) is 8.24. The molecule has 0 bridgehead atoms. The molecule has 0 aliphatic carbocycles. The number of carbonyl (C=O) groups is 1. The molecule has 7 nitrogen and oxygen atoms in total. The van der Waals surface area contributed by atoms with Crippen molar-refractivity contribution in [1.82, 2.24) is 0 Å². The number of rotatable bonds is 17. The standard InChI is InChI=1S/C18H30O3S.C6H14N2O2/c1-2-3-4-5-6-7-8-9-10-11-14-17-15-12-13-16-18(17)22(19,20)21;7-4-2-1-3-5(8)6(9)10/h12-13,15-16H,2-11,14H2,1H3,(H,19,20,21);5H,1-4,7-8H2,(H,9,10)/t;5-/m.0/s1. The molecular formula is C24H44N2O5S. The first-order valence-electron chi connectivity index (χ1n) is 12.0. The molecule has 0 aliphatic heterocycles. The van der Waals surface area contributed by atoms with Crippen molar-refractivity contribution in [3.8, 4) is 0 Å². The van der Waals surface area contributed by atoms with Crippen molar-refractivity contribution in [2.75, 3.05) is 6.54 Å². The molecule has 0 fully saturated rings. The number of hydrogen-bond donors (Lipinski definition) is 4. The second kappa shape index (κ2) is 19.0. The van der Waals surface area contributed by atoms with Gasteiger partial charge < -0.3 is 16.6 Å². The summed E-state index contributed by atoms with van der Waals surface area (Å²) >= 11 is 0. The van der Waals surface area contributed by atoms with E-state index in [1.165, 1.54) is 57.4 Å². The van der Waals surface area contributed by atoms with Gasteiger partial charge in [0.25, 0.3) is 10.1 Å². The number of benzene rings is 1. The summed E-state index contributed by atoms with van der Waals surface area (Å²) in [4.78, 5) is 10.2. The summed E-state index contributed by atoms with van der Waals surface area (Å²) in [6.07, 6.45) is 15.5. The Kier molecular flexibility index (Phi) is 18.2. The SMILES string of the molecule is CCCCCCCCCCCCc1ccccc1S(=O)(=O)O.NCCCC[C@H](N)C(=O)O. The van der Waals surface area contributed by atoms with Crippen LogP contribution in [0.1, 0.15) is 96.0 Å². The van der Waals surface area contributed by atoms with Crippen molar-refractivity contribution in [1.29, 1.82) is 0 Å². The van der Waals surface area contributed by atoms with E-state index in [-0.39, 0.29) is 4.90 Å². The molecule has 0 spiro atoms. The maximum absolute atomic E-state index is 11.3. The number of aliphatic carboxylic acids is 1. The van der Waals surface area contributed by atoms with Crippen LogP contribution in [0.25, 0.3) is 0 Å². The van der Waals surface area contributed by atoms with Crippen LogP contribution in [0.4, 0.5) is 0 Å². The molecule has 1 aromatic rings. The molecule has 8 heteroatoms. The van der Waals surface area contributed by atoms with E-state index in [0.717, 1.165) is 31.2 Å². The van der Waals surface area contributed by atoms with E-state index < -0.39 is 22.1 Å². The fourth-order valence-corrected chi connectivity index (χ4v) is 4.15. The first kappa shape index (κ1) is 30.5. The van der Waals surface area contributed by atoms with Gasteiger partial charge in [-0.05, 0) is 43.9 Å². The molecule has 6 N–H and O–H groups in total. The van der Waals surface area contributed by atoms with Crippen LogP contribution < -0.4 is 11.5 Å². The summed E-state index contributed by atoms with van der Waals surface area (Å²) in [5, 5.41) is 8.33. The smallest absolute Gasteiger partial charge is 0.320 e. The topological polar surface area (TPSA) is 144 Å². The summed E-state index contributed by atoms with van der Waals surface area (Å²) in [6, 6.07) is 6.01. The Hall–Kier alpha value is -1.48. The average molecular weight is 473 g/mol. The zero-order valence-corrected chi connectivity index (χ0v) is 20.5. The molecule has 0 saturated carbocycles. The van der Waals surface area contributed by atoms with Gasteiger partial charge in [0.2, 0.25) is 0 Å². The van der Waals surface area contributed by atoms with Crippen molar-refractivity contribution in [3.63, 3.8) is 0 Å². The quantitative estimate of drug-likeness (QED) is 0.186. The molecule has 0 amide bonds. The van der Waals surface area contributed by atoms with Gasteiger partial charge in [-0.25, -0.2) is 0 Å². The predicted molar refractivity (Wildman–Crippen MR) is 130 cm³/mol. The Morgan fingerprint density at radius 3 is 1.94 bits per heavy atom. The lowest BCUT2D eigenvalue weighted by Gasteiger charge is -2.07. The van der Waals surface area contributed by atoms with Gasteiger partial charge in [0.05, 0.1) is 4.90 Å². The Morgan fingerprint density at radius 1 is 0.906 bits per heavy atom. The molecule has 186 valence electrons. The maximum atomic E-state index is 11.3. The highest BCUT2D eigenvalue weighted by atomic mass is 32.2. The van der Waals surface area contributed by atoms with Crippen LogP contribution in [0, 0.1) is 0 Å². The molecular weight excluding hydrogens is 428 g/mol. The Balaban J connectivity index is 0.000000809. The molecule has 0 aromatic heterocycles. The van der Waals surface area contributed by atoms with E-state index in [9.17, 15) is 17.8 Å². The summed E-state index contributed by atoms with van der Waals surface area (Å²) in [6.45, 7) is 2.84. The fourth-order valence-electron chi connectivity index (χ4n) is 3.40. The molecule has 32 heavy (non-hydrogen) atoms. The van der Waals surface area contributed by atoms with Crippen LogP contribution in [0.5, 0.6) is 0 Å². The minimum atomic E-state index is -4.10. The van der Waals surface area contributed by atoms with Crippen LogP contribution in [-0.2, 0) is 21.3 Å². The van der Waals surface area contributed by atoms with Crippen molar-refractivity contribution >= 4 is 16.1 Å². The molecule has 0 unspecified atom stereocenters. The van der Waals surface area contributed by atoms with Gasteiger partial charge in [0, 0.05) is 0 Å². The zero-order valence-electron chi connectivity index (χ0n) is 19.7. The number of unbranched alkanes of at least 4 members (excludes halogenated alkanes) is 10. The number of carboxylic acids is 1. The minimum absolute atomic E-state index is 0.0610. The Labute approximate surface area is 194 Å². The summed E-state index contributed by atoms with van der Waals surface area (Å²) in [5.74, 6) is -0.933. The van der Waals surface area contributed by atoms with Crippen molar-refractivity contribution in [2.24, 2.45) is 11.5 Å². The monoisotopic (exact) mass is 472 g/mol. The normalized spacial score (nSPS) is 12.1. The van der Waals surface area contributed by atoms with Gasteiger partial charge in [-0.3, -0.25) is 9.35 Å². The molecule has 1 aromatic carbocycles. The summed E-state index contributed by atoms with van der Waals surface area (Å²) < 4.78 is 31.8. The summed E-state index contributed by atoms with van der Waals surface area (Å²) in [7, 11) is -4.10. The van der Waals surface area contributed by atoms with Gasteiger partial charge in [0.1, 0.15) is 6.04 Å². The lowest BCUT2D eigenvalue weighted by molar-refractivity contribution is -0.138. The van der Waals surface area contributed by atoms with Gasteiger partial charge in [0.15, 0.2) is 0 Å². The first-order valence-corrected chi connectivity index (χ1v) is 13.4. The lowest BCUT2D eigenvalue weighted by atomic mass is 10.0. The highest BCUT2D eigenvalue weighted by Crippen LogP contribution is 2.18. The molecule has 0 radical (unpaired) electrons. The van der Waals surface area contributed by atoms with Gasteiger partial charge in [-0.2, -0.15) is 8.42 Å². The Morgan fingerprint density at radius 2 is 1.44 bits per heavy atom. The number of aryl methyl sites for hydroxylation is 1. The highest BCUT2D eigenvalue weighted by Gasteiger charge is 2.13. The van der Waals surface area contributed by atoms with Crippen LogP contribution in [0.2, 0.25) is 0 Å². The van der Waals surface area contributed by atoms with E-state index >= 15 is 0 Å². The van der Waals surface area contributed by atoms with E-state index in [1.807, 2.05) is 6.07 Å². The molecule has 0 heterocycles. The predicted octanol–water partition coefficient (Wildman–Crippen LogP) is 4.92. The second-order valence-corrected chi connectivity index (χ2v) is 9.63. The number of nitrogens with two attached hydrogens (primary N) is 2. The molecule has 0 aliphatic rings. The molecule has 1 atom stereocenters.